The van der Waals surface area contributed by atoms with Crippen molar-refractivity contribution in [2.24, 2.45) is 0 Å². The summed E-state index contributed by atoms with van der Waals surface area (Å²) in [5.41, 5.74) is -0.0420. The Bertz CT molecular complexity index is 570. The van der Waals surface area contributed by atoms with Crippen LogP contribution in [-0.4, -0.2) is 29.4 Å². The van der Waals surface area contributed by atoms with Gasteiger partial charge < -0.3 is 10.1 Å². The molecular weight excluding hydrogens is 264 g/mol. The van der Waals surface area contributed by atoms with E-state index < -0.39 is 17.0 Å². The van der Waals surface area contributed by atoms with Crippen LogP contribution in [0.25, 0.3) is 0 Å². The van der Waals surface area contributed by atoms with E-state index in [1.165, 1.54) is 6.07 Å². The lowest BCUT2D eigenvalue weighted by molar-refractivity contribution is -0.385. The number of piperidine rings is 1. The highest BCUT2D eigenvalue weighted by molar-refractivity contribution is 5.96. The van der Waals surface area contributed by atoms with Gasteiger partial charge in [0.25, 0.3) is 11.6 Å². The number of carbonyl (C=O) groups excluding carboxylic acids is 2. The smallest absolute Gasteiger partial charge is 0.345 e. The average Bonchev–Trinajstić information content (AvgIpc) is 2.40. The molecule has 1 aromatic carbocycles. The molecule has 0 spiro atoms. The largest absolute Gasteiger partial charge is 0.448 e. The maximum absolute atomic E-state index is 12.0. The molecule has 0 saturated carbocycles. The fraction of sp³-hybridized carbons (Fsp3) is 0.385. The molecule has 1 fully saturated rings. The van der Waals surface area contributed by atoms with Gasteiger partial charge in [0.2, 0.25) is 0 Å². The number of hydrogen-bond donors (Lipinski definition) is 1. The number of nitro groups is 1. The van der Waals surface area contributed by atoms with E-state index in [-0.39, 0.29) is 17.2 Å². The second-order valence-corrected chi connectivity index (χ2v) is 4.56. The Kier molecular flexibility index (Phi) is 3.97. The van der Waals surface area contributed by atoms with Gasteiger partial charge in [-0.15, -0.1) is 0 Å². The number of hydrogen-bond acceptors (Lipinski definition) is 5. The Balaban J connectivity index is 2.23. The molecule has 0 aromatic heterocycles. The number of ether oxygens (including phenoxy) is 1. The molecule has 0 unspecified atom stereocenters. The number of amides is 1. The van der Waals surface area contributed by atoms with Gasteiger partial charge in [-0.25, -0.2) is 4.79 Å². The second kappa shape index (κ2) is 5.68. The van der Waals surface area contributed by atoms with Crippen LogP contribution < -0.4 is 5.32 Å². The van der Waals surface area contributed by atoms with Crippen molar-refractivity contribution in [1.82, 2.24) is 5.32 Å². The molecule has 7 heteroatoms. The van der Waals surface area contributed by atoms with Crippen LogP contribution in [0.1, 0.15) is 28.8 Å². The molecular formula is C13H14N2O5. The molecule has 7 nitrogen and oxygen atoms in total. The highest BCUT2D eigenvalue weighted by Gasteiger charge is 2.30. The summed E-state index contributed by atoms with van der Waals surface area (Å²) in [5, 5.41) is 13.6. The van der Waals surface area contributed by atoms with E-state index in [9.17, 15) is 19.7 Å². The number of carbonyl (C=O) groups is 2. The summed E-state index contributed by atoms with van der Waals surface area (Å²) in [7, 11) is 0. The van der Waals surface area contributed by atoms with Gasteiger partial charge in [0.15, 0.2) is 6.10 Å². The zero-order valence-electron chi connectivity index (χ0n) is 10.9. The first-order valence-electron chi connectivity index (χ1n) is 6.23. The van der Waals surface area contributed by atoms with E-state index in [1.54, 1.807) is 19.1 Å². The number of nitro benzene ring substituents is 1. The van der Waals surface area contributed by atoms with E-state index in [0.717, 1.165) is 0 Å². The maximum atomic E-state index is 12.0. The predicted octanol–water partition coefficient (Wildman–Crippen LogP) is 1.34. The van der Waals surface area contributed by atoms with Crippen molar-refractivity contribution in [3.05, 3.63) is 39.4 Å². The van der Waals surface area contributed by atoms with E-state index >= 15 is 0 Å². The Labute approximate surface area is 115 Å². The number of rotatable bonds is 3. The van der Waals surface area contributed by atoms with Crippen molar-refractivity contribution in [2.75, 3.05) is 6.54 Å². The molecule has 0 bridgehead atoms. The molecule has 1 aromatic rings. The Morgan fingerprint density at radius 3 is 2.90 bits per heavy atom. The molecule has 0 aliphatic carbocycles. The molecule has 1 heterocycles. The maximum Gasteiger partial charge on any atom is 0.345 e. The lowest BCUT2D eigenvalue weighted by atomic mass is 10.1. The highest BCUT2D eigenvalue weighted by atomic mass is 16.6. The summed E-state index contributed by atoms with van der Waals surface area (Å²) in [6.45, 7) is 2.10. The minimum absolute atomic E-state index is 0.131. The highest BCUT2D eigenvalue weighted by Crippen LogP contribution is 2.24. The molecule has 20 heavy (non-hydrogen) atoms. The molecule has 1 aliphatic heterocycles. The van der Waals surface area contributed by atoms with Crippen LogP contribution in [0.5, 0.6) is 0 Å². The zero-order valence-corrected chi connectivity index (χ0v) is 10.9. The lowest BCUT2D eigenvalue weighted by Gasteiger charge is -2.21. The van der Waals surface area contributed by atoms with Gasteiger partial charge in [0, 0.05) is 12.1 Å². The SMILES string of the molecule is Cc1cccc(C(=O)O[C@H]2CCCNC2=O)c1[N+](=O)[O-]. The molecule has 106 valence electrons. The first-order chi connectivity index (χ1) is 9.50. The number of nitrogens with zero attached hydrogens (tertiary/aromatic N) is 1. The van der Waals surface area contributed by atoms with Crippen LogP contribution in [0.4, 0.5) is 5.69 Å². The van der Waals surface area contributed by atoms with E-state index in [4.69, 9.17) is 4.74 Å². The van der Waals surface area contributed by atoms with Crippen LogP contribution >= 0.6 is 0 Å². The van der Waals surface area contributed by atoms with E-state index in [2.05, 4.69) is 5.32 Å². The quantitative estimate of drug-likeness (QED) is 0.511. The van der Waals surface area contributed by atoms with Crippen molar-refractivity contribution in [3.8, 4) is 0 Å². The molecule has 1 amide bonds. The van der Waals surface area contributed by atoms with Gasteiger partial charge in [-0.05, 0) is 25.8 Å². The average molecular weight is 278 g/mol. The molecule has 1 atom stereocenters. The first-order valence-corrected chi connectivity index (χ1v) is 6.23. The molecule has 1 N–H and O–H groups in total. The lowest BCUT2D eigenvalue weighted by Crippen LogP contribution is -2.42. The number of nitrogens with one attached hydrogen (secondary N) is 1. The van der Waals surface area contributed by atoms with Gasteiger partial charge in [0.05, 0.1) is 4.92 Å². The monoisotopic (exact) mass is 278 g/mol. The van der Waals surface area contributed by atoms with Crippen molar-refractivity contribution in [3.63, 3.8) is 0 Å². The summed E-state index contributed by atoms with van der Waals surface area (Å²) in [4.78, 5) is 34.0. The Morgan fingerprint density at radius 1 is 1.50 bits per heavy atom. The van der Waals surface area contributed by atoms with E-state index in [0.29, 0.717) is 24.9 Å². The van der Waals surface area contributed by atoms with Crippen LogP contribution in [0.15, 0.2) is 18.2 Å². The fourth-order valence-corrected chi connectivity index (χ4v) is 2.12. The summed E-state index contributed by atoms with van der Waals surface area (Å²) >= 11 is 0. The predicted molar refractivity (Wildman–Crippen MR) is 69.3 cm³/mol. The second-order valence-electron chi connectivity index (χ2n) is 4.56. The minimum Gasteiger partial charge on any atom is -0.448 e. The minimum atomic E-state index is -0.878. The summed E-state index contributed by atoms with van der Waals surface area (Å²) in [6, 6.07) is 4.41. The summed E-state index contributed by atoms with van der Waals surface area (Å²) in [5.74, 6) is -1.21. The third kappa shape index (κ3) is 2.76. The number of aryl methyl sites for hydroxylation is 1. The van der Waals surface area contributed by atoms with Gasteiger partial charge in [-0.2, -0.15) is 0 Å². The van der Waals surface area contributed by atoms with Crippen molar-refractivity contribution in [2.45, 2.75) is 25.9 Å². The van der Waals surface area contributed by atoms with Gasteiger partial charge in [-0.3, -0.25) is 14.9 Å². The van der Waals surface area contributed by atoms with Gasteiger partial charge in [0.1, 0.15) is 5.56 Å². The zero-order chi connectivity index (χ0) is 14.7. The Morgan fingerprint density at radius 2 is 2.25 bits per heavy atom. The molecule has 1 aliphatic rings. The van der Waals surface area contributed by atoms with Crippen LogP contribution in [0, 0.1) is 17.0 Å². The fourth-order valence-electron chi connectivity index (χ4n) is 2.12. The molecule has 0 radical (unpaired) electrons. The standard InChI is InChI=1S/C13H14N2O5/c1-8-4-2-5-9(11(8)15(18)19)13(17)20-10-6-3-7-14-12(10)16/h2,4-5,10H,3,6-7H2,1H3,(H,14,16)/t10-/m0/s1. The number of esters is 1. The Hall–Kier alpha value is -2.44. The third-order valence-electron chi connectivity index (χ3n) is 3.12. The van der Waals surface area contributed by atoms with Crippen LogP contribution in [0.2, 0.25) is 0 Å². The third-order valence-corrected chi connectivity index (χ3v) is 3.12. The topological polar surface area (TPSA) is 98.5 Å². The molecule has 1 saturated heterocycles. The van der Waals surface area contributed by atoms with Crippen molar-refractivity contribution >= 4 is 17.6 Å². The number of benzene rings is 1. The van der Waals surface area contributed by atoms with Crippen molar-refractivity contribution in [1.29, 1.82) is 0 Å². The van der Waals surface area contributed by atoms with Crippen LogP contribution in [0.3, 0.4) is 0 Å². The van der Waals surface area contributed by atoms with Crippen molar-refractivity contribution < 1.29 is 19.2 Å². The first kappa shape index (κ1) is 14.0. The van der Waals surface area contributed by atoms with Gasteiger partial charge in [-0.1, -0.05) is 12.1 Å². The number of para-hydroxylation sites is 1. The molecule has 2 rings (SSSR count). The summed E-state index contributed by atoms with van der Waals surface area (Å²) in [6.07, 6.45) is 0.257. The summed E-state index contributed by atoms with van der Waals surface area (Å²) < 4.78 is 5.08. The normalized spacial score (nSPS) is 18.2. The van der Waals surface area contributed by atoms with Crippen LogP contribution in [-0.2, 0) is 9.53 Å². The van der Waals surface area contributed by atoms with Gasteiger partial charge >= 0.3 is 5.97 Å². The van der Waals surface area contributed by atoms with E-state index in [1.807, 2.05) is 0 Å².